The van der Waals surface area contributed by atoms with Gasteiger partial charge in [-0.05, 0) is 44.5 Å². The molecule has 0 radical (unpaired) electrons. The molecule has 0 bridgehead atoms. The Bertz CT molecular complexity index is 830. The first kappa shape index (κ1) is 21.1. The van der Waals surface area contributed by atoms with Gasteiger partial charge in [-0.2, -0.15) is 0 Å². The second-order valence-electron chi connectivity index (χ2n) is 6.57. The Labute approximate surface area is 171 Å². The second-order valence-corrected chi connectivity index (χ2v) is 7.60. The van der Waals surface area contributed by atoms with Crippen molar-refractivity contribution in [2.24, 2.45) is 0 Å². The third kappa shape index (κ3) is 4.74. The number of thiophene rings is 1. The molecule has 0 spiro atoms. The molecule has 2 aromatic heterocycles. The van der Waals surface area contributed by atoms with Gasteiger partial charge in [0.2, 0.25) is 0 Å². The number of hydrogen-bond acceptors (Lipinski definition) is 4. The van der Waals surface area contributed by atoms with Gasteiger partial charge < -0.3 is 4.90 Å². The lowest BCUT2D eigenvalue weighted by atomic mass is 10.1. The molecule has 1 fully saturated rings. The van der Waals surface area contributed by atoms with Crippen molar-refractivity contribution in [3.8, 4) is 10.4 Å². The number of hydrogen-bond donors (Lipinski definition) is 0. The fourth-order valence-electron chi connectivity index (χ4n) is 3.48. The topological polar surface area (TPSA) is 29.0 Å². The minimum atomic E-state index is 0. The number of benzene rings is 1. The summed E-state index contributed by atoms with van der Waals surface area (Å²) in [5.41, 5.74) is 2.47. The maximum Gasteiger partial charge on any atom is 0.127 e. The van der Waals surface area contributed by atoms with Crippen molar-refractivity contribution in [1.82, 2.24) is 14.9 Å². The molecule has 1 aliphatic heterocycles. The Hall–Kier alpha value is -1.20. The molecule has 0 N–H and O–H groups in total. The molecular weight excluding hydrogens is 385 g/mol. The van der Waals surface area contributed by atoms with Crippen LogP contribution in [0.2, 0.25) is 0 Å². The predicted molar refractivity (Wildman–Crippen MR) is 116 cm³/mol. The maximum atomic E-state index is 4.76. The predicted octanol–water partition coefficient (Wildman–Crippen LogP) is 5.54. The minimum Gasteiger partial charge on any atom is -0.303 e. The Morgan fingerprint density at radius 3 is 2.46 bits per heavy atom. The number of halogens is 2. The summed E-state index contributed by atoms with van der Waals surface area (Å²) in [6, 6.07) is 12.9. The van der Waals surface area contributed by atoms with E-state index in [4.69, 9.17) is 4.98 Å². The zero-order valence-electron chi connectivity index (χ0n) is 15.0. The molecule has 26 heavy (non-hydrogen) atoms. The van der Waals surface area contributed by atoms with Crippen LogP contribution in [-0.2, 0) is 6.42 Å². The highest BCUT2D eigenvalue weighted by Crippen LogP contribution is 2.33. The largest absolute Gasteiger partial charge is 0.303 e. The molecule has 0 atom stereocenters. The van der Waals surface area contributed by atoms with Gasteiger partial charge in [-0.15, -0.1) is 36.2 Å². The fourth-order valence-corrected chi connectivity index (χ4v) is 4.58. The van der Waals surface area contributed by atoms with Gasteiger partial charge in [-0.1, -0.05) is 36.8 Å². The van der Waals surface area contributed by atoms with Crippen LogP contribution in [0.3, 0.4) is 0 Å². The lowest BCUT2D eigenvalue weighted by molar-refractivity contribution is 0.231. The van der Waals surface area contributed by atoms with Crippen LogP contribution in [0.1, 0.15) is 30.8 Å². The van der Waals surface area contributed by atoms with Gasteiger partial charge >= 0.3 is 0 Å². The van der Waals surface area contributed by atoms with Gasteiger partial charge in [0.1, 0.15) is 10.7 Å². The smallest absolute Gasteiger partial charge is 0.127 e. The van der Waals surface area contributed by atoms with Crippen LogP contribution in [0.5, 0.6) is 0 Å². The van der Waals surface area contributed by atoms with Crippen LogP contribution < -0.4 is 0 Å². The molecule has 0 saturated carbocycles. The summed E-state index contributed by atoms with van der Waals surface area (Å²) in [6.45, 7) is 5.60. The Kier molecular flexibility index (Phi) is 7.84. The van der Waals surface area contributed by atoms with Crippen molar-refractivity contribution < 1.29 is 0 Å². The molecule has 140 valence electrons. The number of aromatic nitrogens is 2. The molecule has 3 heterocycles. The van der Waals surface area contributed by atoms with Crippen LogP contribution >= 0.6 is 36.2 Å². The molecule has 1 aliphatic rings. The monoisotopic (exact) mass is 409 g/mol. The van der Waals surface area contributed by atoms with Gasteiger partial charge in [0, 0.05) is 23.2 Å². The molecule has 0 amide bonds. The van der Waals surface area contributed by atoms with Crippen molar-refractivity contribution >= 4 is 46.4 Å². The molecule has 3 nitrogen and oxygen atoms in total. The average Bonchev–Trinajstić information content (AvgIpc) is 3.05. The first-order valence-corrected chi connectivity index (χ1v) is 9.66. The molecule has 4 rings (SSSR count). The lowest BCUT2D eigenvalue weighted by Crippen LogP contribution is -2.31. The van der Waals surface area contributed by atoms with Crippen molar-refractivity contribution in [3.05, 3.63) is 47.9 Å². The van der Waals surface area contributed by atoms with E-state index < -0.39 is 0 Å². The van der Waals surface area contributed by atoms with Gasteiger partial charge in [-0.3, -0.25) is 0 Å². The zero-order chi connectivity index (χ0) is 16.4. The van der Waals surface area contributed by atoms with Crippen molar-refractivity contribution in [2.45, 2.75) is 32.6 Å². The number of nitrogens with zero attached hydrogens (tertiary/aromatic N) is 3. The van der Waals surface area contributed by atoms with Crippen molar-refractivity contribution in [1.29, 1.82) is 0 Å². The summed E-state index contributed by atoms with van der Waals surface area (Å²) in [5.74, 6) is 0.887. The highest BCUT2D eigenvalue weighted by Gasteiger charge is 2.14. The minimum absolute atomic E-state index is 0. The van der Waals surface area contributed by atoms with E-state index in [9.17, 15) is 0 Å². The van der Waals surface area contributed by atoms with Crippen molar-refractivity contribution in [3.63, 3.8) is 0 Å². The number of likely N-dealkylation sites (tertiary alicyclic amines) is 1. The maximum absolute atomic E-state index is 4.76. The first-order chi connectivity index (χ1) is 11.8. The fraction of sp³-hybridized carbons (Fsp3) is 0.400. The summed E-state index contributed by atoms with van der Waals surface area (Å²) in [4.78, 5) is 14.4. The molecule has 3 aromatic rings. The van der Waals surface area contributed by atoms with Crippen LogP contribution in [0, 0.1) is 6.92 Å². The third-order valence-corrected chi connectivity index (χ3v) is 5.83. The van der Waals surface area contributed by atoms with E-state index in [0.717, 1.165) is 23.6 Å². The Morgan fingerprint density at radius 2 is 1.73 bits per heavy atom. The summed E-state index contributed by atoms with van der Waals surface area (Å²) < 4.78 is 0. The van der Waals surface area contributed by atoms with Gasteiger partial charge in [0.05, 0.1) is 5.69 Å². The summed E-state index contributed by atoms with van der Waals surface area (Å²) in [7, 11) is 0. The number of rotatable bonds is 4. The first-order valence-electron chi connectivity index (χ1n) is 8.84. The van der Waals surface area contributed by atoms with Crippen LogP contribution in [0.25, 0.3) is 20.7 Å². The lowest BCUT2D eigenvalue weighted by Gasteiger charge is -2.26. The average molecular weight is 410 g/mol. The van der Waals surface area contributed by atoms with Crippen molar-refractivity contribution in [2.75, 3.05) is 19.6 Å². The summed E-state index contributed by atoms with van der Waals surface area (Å²) in [6.07, 6.45) is 5.09. The van der Waals surface area contributed by atoms with Crippen LogP contribution in [-0.4, -0.2) is 34.5 Å². The second kappa shape index (κ2) is 9.65. The quantitative estimate of drug-likeness (QED) is 0.566. The van der Waals surface area contributed by atoms with E-state index >= 15 is 0 Å². The molecule has 6 heteroatoms. The Balaban J connectivity index is 0.00000121. The van der Waals surface area contributed by atoms with E-state index in [1.807, 2.05) is 6.92 Å². The van der Waals surface area contributed by atoms with Gasteiger partial charge in [0.15, 0.2) is 0 Å². The Morgan fingerprint density at radius 1 is 1.00 bits per heavy atom. The number of fused-ring (bicyclic) bond motifs is 1. The summed E-state index contributed by atoms with van der Waals surface area (Å²) >= 11 is 1.78. The number of piperidine rings is 1. The van der Waals surface area contributed by atoms with E-state index in [-0.39, 0.29) is 24.8 Å². The normalized spacial score (nSPS) is 14.7. The molecule has 0 unspecified atom stereocenters. The number of aryl methyl sites for hydroxylation is 1. The van der Waals surface area contributed by atoms with E-state index in [0.29, 0.717) is 0 Å². The zero-order valence-corrected chi connectivity index (χ0v) is 17.4. The molecule has 0 aliphatic carbocycles. The van der Waals surface area contributed by atoms with Gasteiger partial charge in [0.25, 0.3) is 0 Å². The molecule has 1 aromatic carbocycles. The molecule has 1 saturated heterocycles. The highest BCUT2D eigenvalue weighted by molar-refractivity contribution is 7.21. The SMILES string of the molecule is Cc1nc(CCN2CCCCC2)c2cc(-c3ccccc3)sc2n1.Cl.Cl. The third-order valence-electron chi connectivity index (χ3n) is 4.76. The molecular formula is C20H25Cl2N3S. The highest BCUT2D eigenvalue weighted by atomic mass is 35.5. The standard InChI is InChI=1S/C20H23N3S.2ClH/c1-15-21-18(10-13-23-11-6-3-7-12-23)17-14-19(24-20(17)22-15)16-8-4-2-5-9-16;;/h2,4-5,8-9,14H,3,6-7,10-13H2,1H3;2*1H. The van der Waals surface area contributed by atoms with Crippen LogP contribution in [0.15, 0.2) is 36.4 Å². The van der Waals surface area contributed by atoms with Gasteiger partial charge in [-0.25, -0.2) is 9.97 Å². The summed E-state index contributed by atoms with van der Waals surface area (Å²) in [5, 5.41) is 1.24. The van der Waals surface area contributed by atoms with Crippen LogP contribution in [0.4, 0.5) is 0 Å². The van der Waals surface area contributed by atoms with E-state index in [2.05, 4.69) is 46.3 Å². The van der Waals surface area contributed by atoms with E-state index in [1.54, 1.807) is 11.3 Å². The van der Waals surface area contributed by atoms with E-state index in [1.165, 1.54) is 53.9 Å².